The van der Waals surface area contributed by atoms with Crippen LogP contribution in [0.4, 0.5) is 0 Å². The summed E-state index contributed by atoms with van der Waals surface area (Å²) in [6.45, 7) is 0.0873. The first-order chi connectivity index (χ1) is 6.84. The molecule has 0 fully saturated rings. The molecule has 7 heteroatoms. The van der Waals surface area contributed by atoms with Crippen molar-refractivity contribution in [2.45, 2.75) is 0 Å². The van der Waals surface area contributed by atoms with E-state index in [0.717, 1.165) is 0 Å². The van der Waals surface area contributed by atoms with E-state index in [4.69, 9.17) is 14.2 Å². The predicted octanol–water partition coefficient (Wildman–Crippen LogP) is 1.54. The lowest BCUT2D eigenvalue weighted by molar-refractivity contribution is 0.100. The molecule has 0 amide bonds. The Morgan fingerprint density at radius 3 is 1.93 bits per heavy atom. The van der Waals surface area contributed by atoms with E-state index in [1.807, 2.05) is 18.2 Å². The van der Waals surface area contributed by atoms with Crippen LogP contribution < -0.4 is 5.73 Å². The highest BCUT2D eigenvalue weighted by Crippen LogP contribution is 1.98. The average Bonchev–Trinajstić information content (AvgIpc) is 2.15. The fraction of sp³-hybridized carbons (Fsp3) is 0.125. The van der Waals surface area contributed by atoms with Crippen molar-refractivity contribution in [3.05, 3.63) is 35.9 Å². The molecule has 0 saturated carbocycles. The topological polar surface area (TPSA) is 77.2 Å². The van der Waals surface area contributed by atoms with Crippen LogP contribution in [0.25, 0.3) is 0 Å². The number of hydrogen-bond acceptors (Lipinski definition) is 4. The molecule has 1 aromatic carbocycles. The van der Waals surface area contributed by atoms with Crippen molar-refractivity contribution in [1.29, 1.82) is 0 Å². The van der Waals surface area contributed by atoms with Gasteiger partial charge in [-0.2, -0.15) is 8.42 Å². The third kappa shape index (κ3) is 9.68. The Balaban J connectivity index is 0.000000336. The van der Waals surface area contributed by atoms with Gasteiger partial charge in [0.2, 0.25) is 0 Å². The van der Waals surface area contributed by atoms with E-state index >= 15 is 0 Å². The maximum atomic E-state index is 10.9. The number of hydrogen-bond donors (Lipinski definition) is 1. The quantitative estimate of drug-likeness (QED) is 0.653. The maximum absolute atomic E-state index is 10.9. The Hall–Kier alpha value is -0.620. The Kier molecular flexibility index (Phi) is 6.51. The molecule has 0 spiro atoms. The summed E-state index contributed by atoms with van der Waals surface area (Å²) < 4.78 is 18.3. The van der Waals surface area contributed by atoms with Crippen LogP contribution in [0.2, 0.25) is 0 Å². The fourth-order valence-electron chi connectivity index (χ4n) is 0.742. The number of ketones is 1. The second-order valence-corrected chi connectivity index (χ2v) is 6.04. The molecule has 0 unspecified atom stereocenters. The van der Waals surface area contributed by atoms with E-state index < -0.39 is 8.26 Å². The molecule has 0 bridgehead atoms. The molecule has 0 atom stereocenters. The van der Waals surface area contributed by atoms with Crippen LogP contribution in [0.5, 0.6) is 0 Å². The minimum Gasteiger partial charge on any atom is -0.324 e. The summed E-state index contributed by atoms with van der Waals surface area (Å²) in [6.07, 6.45) is 0. The molecule has 0 aliphatic carbocycles. The second-order valence-electron chi connectivity index (χ2n) is 2.37. The molecule has 1 aromatic rings. The van der Waals surface area contributed by atoms with Crippen molar-refractivity contribution in [2.24, 2.45) is 5.73 Å². The number of benzene rings is 1. The lowest BCUT2D eigenvalue weighted by Crippen LogP contribution is -2.12. The lowest BCUT2D eigenvalue weighted by atomic mass is 10.1. The van der Waals surface area contributed by atoms with Crippen molar-refractivity contribution < 1.29 is 13.2 Å². The zero-order chi connectivity index (χ0) is 11.9. The highest BCUT2D eigenvalue weighted by atomic mass is 36.0. The number of Topliss-reactive ketones (excluding diaryl/α,β-unsaturated/α-hetero) is 1. The highest BCUT2D eigenvalue weighted by molar-refractivity contribution is 8.31. The molecule has 0 aliphatic rings. The zero-order valence-corrected chi connectivity index (χ0v) is 9.89. The Morgan fingerprint density at radius 1 is 1.20 bits per heavy atom. The van der Waals surface area contributed by atoms with Crippen LogP contribution in [-0.2, 0) is 8.26 Å². The van der Waals surface area contributed by atoms with E-state index in [-0.39, 0.29) is 12.3 Å². The summed E-state index contributed by atoms with van der Waals surface area (Å²) in [5.74, 6) is -0.0133. The summed E-state index contributed by atoms with van der Waals surface area (Å²) >= 11 is 0. The smallest absolute Gasteiger partial charge is 0.317 e. The molecule has 0 saturated heterocycles. The molecule has 1 rings (SSSR count). The highest BCUT2D eigenvalue weighted by Gasteiger charge is 1.98. The van der Waals surface area contributed by atoms with Crippen LogP contribution in [0.3, 0.4) is 0 Å². The van der Waals surface area contributed by atoms with Crippen molar-refractivity contribution in [3.63, 3.8) is 0 Å². The number of carbonyl (C=O) groups excluding carboxylic acids is 1. The minimum absolute atomic E-state index is 0.0133. The molecule has 0 heterocycles. The van der Waals surface area contributed by atoms with Gasteiger partial charge in [-0.3, -0.25) is 4.79 Å². The summed E-state index contributed by atoms with van der Waals surface area (Å²) in [4.78, 5) is 10.9. The molecule has 84 valence electrons. The SMILES string of the molecule is NCC(=O)c1ccccc1.O=S(=O)(Cl)Cl. The van der Waals surface area contributed by atoms with Gasteiger partial charge in [0.05, 0.1) is 6.54 Å². The predicted molar refractivity (Wildman–Crippen MR) is 60.5 cm³/mol. The minimum atomic E-state index is -3.72. The summed E-state index contributed by atoms with van der Waals surface area (Å²) in [7, 11) is 4.81. The van der Waals surface area contributed by atoms with Crippen molar-refractivity contribution in [2.75, 3.05) is 6.54 Å². The molecule has 0 aliphatic heterocycles. The van der Waals surface area contributed by atoms with Gasteiger partial charge in [0, 0.05) is 26.9 Å². The van der Waals surface area contributed by atoms with Gasteiger partial charge in [-0.05, 0) is 0 Å². The van der Waals surface area contributed by atoms with E-state index in [1.165, 1.54) is 0 Å². The first kappa shape index (κ1) is 14.4. The van der Waals surface area contributed by atoms with Gasteiger partial charge >= 0.3 is 8.26 Å². The molecule has 2 N–H and O–H groups in total. The third-order valence-corrected chi connectivity index (χ3v) is 1.28. The number of halogens is 2. The normalized spacial score (nSPS) is 10.1. The zero-order valence-electron chi connectivity index (χ0n) is 7.56. The monoisotopic (exact) mass is 269 g/mol. The standard InChI is InChI=1S/C8H9NO.Cl2O2S/c9-6-8(10)7-4-2-1-3-5-7;1-5(2,3)4/h1-5H,6,9H2;. The molecule has 0 radical (unpaired) electrons. The Bertz CT molecular complexity index is 397. The largest absolute Gasteiger partial charge is 0.324 e. The van der Waals surface area contributed by atoms with Gasteiger partial charge in [0.15, 0.2) is 5.78 Å². The first-order valence-electron chi connectivity index (χ1n) is 3.77. The lowest BCUT2D eigenvalue weighted by Gasteiger charge is -1.93. The fourth-order valence-corrected chi connectivity index (χ4v) is 0.742. The third-order valence-electron chi connectivity index (χ3n) is 1.28. The van der Waals surface area contributed by atoms with Crippen LogP contribution >= 0.6 is 21.4 Å². The van der Waals surface area contributed by atoms with Crippen LogP contribution in [0, 0.1) is 0 Å². The first-order valence-corrected chi connectivity index (χ1v) is 6.90. The van der Waals surface area contributed by atoms with Crippen LogP contribution in [0.15, 0.2) is 30.3 Å². The summed E-state index contributed by atoms with van der Waals surface area (Å²) in [5.41, 5.74) is 5.84. The van der Waals surface area contributed by atoms with E-state index in [2.05, 4.69) is 21.4 Å². The van der Waals surface area contributed by atoms with Gasteiger partial charge in [-0.25, -0.2) is 0 Å². The van der Waals surface area contributed by atoms with Crippen molar-refractivity contribution in [3.8, 4) is 0 Å². The van der Waals surface area contributed by atoms with Crippen molar-refractivity contribution in [1.82, 2.24) is 0 Å². The Labute approximate surface area is 96.9 Å². The van der Waals surface area contributed by atoms with Gasteiger partial charge in [0.25, 0.3) is 0 Å². The number of carbonyl (C=O) groups is 1. The second kappa shape index (κ2) is 6.79. The van der Waals surface area contributed by atoms with Crippen LogP contribution in [0.1, 0.15) is 10.4 Å². The molecule has 0 aromatic heterocycles. The molecule has 4 nitrogen and oxygen atoms in total. The van der Waals surface area contributed by atoms with Gasteiger partial charge in [-0.15, -0.1) is 0 Å². The molecular weight excluding hydrogens is 261 g/mol. The summed E-state index contributed by atoms with van der Waals surface area (Å²) in [5, 5.41) is 0. The van der Waals surface area contributed by atoms with Crippen molar-refractivity contribution >= 4 is 35.4 Å². The van der Waals surface area contributed by atoms with Crippen LogP contribution in [-0.4, -0.2) is 20.7 Å². The summed E-state index contributed by atoms with van der Waals surface area (Å²) in [6, 6.07) is 9.03. The van der Waals surface area contributed by atoms with Gasteiger partial charge in [0.1, 0.15) is 0 Å². The van der Waals surface area contributed by atoms with E-state index in [9.17, 15) is 4.79 Å². The number of nitrogens with two attached hydrogens (primary N) is 1. The van der Waals surface area contributed by atoms with E-state index in [0.29, 0.717) is 5.56 Å². The average molecular weight is 270 g/mol. The maximum Gasteiger partial charge on any atom is 0.317 e. The molecular formula is C8H9Cl2NO3S. The van der Waals surface area contributed by atoms with Gasteiger partial charge < -0.3 is 5.73 Å². The van der Waals surface area contributed by atoms with Gasteiger partial charge in [-0.1, -0.05) is 30.3 Å². The number of rotatable bonds is 2. The van der Waals surface area contributed by atoms with E-state index in [1.54, 1.807) is 12.1 Å². The molecule has 15 heavy (non-hydrogen) atoms. The Morgan fingerprint density at radius 2 is 1.60 bits per heavy atom.